The maximum absolute atomic E-state index is 11.9. The fraction of sp³-hybridized carbons (Fsp3) is 0.333. The number of rotatable bonds is 4. The largest absolute Gasteiger partial charge is 0.478 e. The lowest BCUT2D eigenvalue weighted by atomic mass is 10.2. The lowest BCUT2D eigenvalue weighted by Crippen LogP contribution is -2.13. The number of aryl methyl sites for hydroxylation is 1. The number of aromatic nitrogens is 1. The molecule has 0 radical (unpaired) electrons. The van der Waals surface area contributed by atoms with Gasteiger partial charge in [-0.1, -0.05) is 0 Å². The monoisotopic (exact) mass is 216 g/mol. The van der Waals surface area contributed by atoms with Crippen molar-refractivity contribution in [2.75, 3.05) is 11.9 Å². The molecule has 0 aromatic carbocycles. The fourth-order valence-corrected chi connectivity index (χ4v) is 1.06. The summed E-state index contributed by atoms with van der Waals surface area (Å²) in [6, 6.07) is 1.42. The van der Waals surface area contributed by atoms with E-state index in [2.05, 4.69) is 10.3 Å². The molecule has 0 spiro atoms. The van der Waals surface area contributed by atoms with Gasteiger partial charge in [-0.15, -0.1) is 0 Å². The summed E-state index contributed by atoms with van der Waals surface area (Å²) in [5.41, 5.74) is 0.619. The Morgan fingerprint density at radius 2 is 2.33 bits per heavy atom. The first kappa shape index (κ1) is 11.4. The molecule has 1 rings (SSSR count). The molecule has 0 unspecified atom stereocenters. The first-order chi connectivity index (χ1) is 7.00. The molecule has 2 N–H and O–H groups in total. The Balaban J connectivity index is 2.92. The molecule has 0 fully saturated rings. The van der Waals surface area contributed by atoms with Gasteiger partial charge in [0.2, 0.25) is 0 Å². The van der Waals surface area contributed by atoms with Crippen molar-refractivity contribution in [2.24, 2.45) is 0 Å². The number of carbonyl (C=O) groups is 1. The topological polar surface area (TPSA) is 62.2 Å². The Labute approximate surface area is 84.9 Å². The predicted octanol–water partition coefficient (Wildman–Crippen LogP) is 1.77. The van der Waals surface area contributed by atoms with Crippen LogP contribution >= 0.6 is 0 Å². The van der Waals surface area contributed by atoms with Crippen LogP contribution < -0.4 is 5.32 Å². The molecule has 0 aliphatic rings. The first-order valence-electron chi connectivity index (χ1n) is 4.22. The summed E-state index contributed by atoms with van der Waals surface area (Å²) in [4.78, 5) is 14.5. The Kier molecular flexibility index (Phi) is 3.54. The van der Waals surface area contributed by atoms with Crippen LogP contribution in [-0.4, -0.2) is 29.0 Å². The van der Waals surface area contributed by atoms with Gasteiger partial charge >= 0.3 is 5.97 Å². The number of hydrogen-bond donors (Lipinski definition) is 2. The minimum atomic E-state index is -2.53. The van der Waals surface area contributed by atoms with Crippen molar-refractivity contribution < 1.29 is 18.7 Å². The molecule has 0 saturated heterocycles. The Morgan fingerprint density at radius 3 is 2.87 bits per heavy atom. The lowest BCUT2D eigenvalue weighted by molar-refractivity contribution is 0.0697. The van der Waals surface area contributed by atoms with Crippen LogP contribution in [0.3, 0.4) is 0 Å². The highest BCUT2D eigenvalue weighted by Crippen LogP contribution is 2.15. The number of anilines is 1. The van der Waals surface area contributed by atoms with Gasteiger partial charge in [-0.2, -0.15) is 0 Å². The second kappa shape index (κ2) is 4.68. The Bertz CT molecular complexity index is 369. The zero-order valence-corrected chi connectivity index (χ0v) is 8.00. The highest BCUT2D eigenvalue weighted by atomic mass is 19.3. The number of carboxylic acids is 1. The maximum atomic E-state index is 11.9. The summed E-state index contributed by atoms with van der Waals surface area (Å²) in [6.07, 6.45) is -1.38. The van der Waals surface area contributed by atoms with Crippen LogP contribution in [0, 0.1) is 6.92 Å². The van der Waals surface area contributed by atoms with E-state index in [0.717, 1.165) is 6.20 Å². The van der Waals surface area contributed by atoms with E-state index in [0.29, 0.717) is 5.69 Å². The van der Waals surface area contributed by atoms with Gasteiger partial charge in [0.1, 0.15) is 5.56 Å². The summed E-state index contributed by atoms with van der Waals surface area (Å²) < 4.78 is 23.9. The molecular formula is C9H10F2N2O2. The minimum absolute atomic E-state index is 0.110. The van der Waals surface area contributed by atoms with E-state index in [1.54, 1.807) is 6.92 Å². The van der Waals surface area contributed by atoms with Crippen molar-refractivity contribution in [3.63, 3.8) is 0 Å². The number of nitrogens with zero attached hydrogens (tertiary/aromatic N) is 1. The molecule has 82 valence electrons. The second-order valence-electron chi connectivity index (χ2n) is 2.95. The Morgan fingerprint density at radius 1 is 1.67 bits per heavy atom. The van der Waals surface area contributed by atoms with Crippen LogP contribution in [0.5, 0.6) is 0 Å². The Hall–Kier alpha value is -1.72. The SMILES string of the molecule is Cc1cc(NCC(F)F)c(C(=O)O)cn1. The van der Waals surface area contributed by atoms with Crippen molar-refractivity contribution >= 4 is 11.7 Å². The number of hydrogen-bond acceptors (Lipinski definition) is 3. The van der Waals surface area contributed by atoms with Gasteiger partial charge in [0.25, 0.3) is 6.43 Å². The average molecular weight is 216 g/mol. The molecule has 1 heterocycles. The molecule has 6 heteroatoms. The van der Waals surface area contributed by atoms with Crippen molar-refractivity contribution in [3.05, 3.63) is 23.5 Å². The van der Waals surface area contributed by atoms with E-state index in [4.69, 9.17) is 5.11 Å². The van der Waals surface area contributed by atoms with Gasteiger partial charge < -0.3 is 10.4 Å². The van der Waals surface area contributed by atoms with Crippen LogP contribution in [-0.2, 0) is 0 Å². The van der Waals surface area contributed by atoms with E-state index in [-0.39, 0.29) is 11.3 Å². The second-order valence-corrected chi connectivity index (χ2v) is 2.95. The third-order valence-electron chi connectivity index (χ3n) is 1.72. The molecular weight excluding hydrogens is 206 g/mol. The number of halogens is 2. The molecule has 15 heavy (non-hydrogen) atoms. The normalized spacial score (nSPS) is 10.4. The third kappa shape index (κ3) is 3.16. The van der Waals surface area contributed by atoms with Crippen LogP contribution in [0.4, 0.5) is 14.5 Å². The number of pyridine rings is 1. The van der Waals surface area contributed by atoms with Crippen LogP contribution in [0.15, 0.2) is 12.3 Å². The van der Waals surface area contributed by atoms with E-state index in [1.165, 1.54) is 6.07 Å². The fourth-order valence-electron chi connectivity index (χ4n) is 1.06. The van der Waals surface area contributed by atoms with Gasteiger partial charge in [0.15, 0.2) is 0 Å². The summed E-state index contributed by atoms with van der Waals surface area (Å²) in [7, 11) is 0. The van der Waals surface area contributed by atoms with Crippen LogP contribution in [0.25, 0.3) is 0 Å². The summed E-state index contributed by atoms with van der Waals surface area (Å²) in [5, 5.41) is 11.1. The van der Waals surface area contributed by atoms with E-state index in [1.807, 2.05) is 0 Å². The number of nitrogens with one attached hydrogen (secondary N) is 1. The molecule has 0 saturated carbocycles. The first-order valence-corrected chi connectivity index (χ1v) is 4.22. The van der Waals surface area contributed by atoms with Crippen LogP contribution in [0.2, 0.25) is 0 Å². The van der Waals surface area contributed by atoms with Gasteiger partial charge in [0.05, 0.1) is 12.2 Å². The molecule has 0 aliphatic carbocycles. The molecule has 0 aliphatic heterocycles. The molecule has 0 amide bonds. The van der Waals surface area contributed by atoms with Crippen molar-refractivity contribution in [2.45, 2.75) is 13.3 Å². The van der Waals surface area contributed by atoms with Gasteiger partial charge in [0, 0.05) is 11.9 Å². The summed E-state index contributed by atoms with van der Waals surface area (Å²) in [6.45, 7) is 1.07. The highest BCUT2D eigenvalue weighted by Gasteiger charge is 2.12. The summed E-state index contributed by atoms with van der Waals surface area (Å²) >= 11 is 0. The molecule has 0 atom stereocenters. The standard InChI is InChI=1S/C9H10F2N2O2/c1-5-2-7(13-4-8(10)11)6(3-12-5)9(14)15/h2-3,8H,4H2,1H3,(H,12,13)(H,14,15). The van der Waals surface area contributed by atoms with Crippen molar-refractivity contribution in [1.29, 1.82) is 0 Å². The lowest BCUT2D eigenvalue weighted by Gasteiger charge is -2.09. The summed E-state index contributed by atoms with van der Waals surface area (Å²) in [5.74, 6) is -1.20. The maximum Gasteiger partial charge on any atom is 0.339 e. The number of carboxylic acid groups (broad SMARTS) is 1. The van der Waals surface area contributed by atoms with E-state index in [9.17, 15) is 13.6 Å². The van der Waals surface area contributed by atoms with Crippen LogP contribution in [0.1, 0.15) is 16.1 Å². The smallest absolute Gasteiger partial charge is 0.339 e. The van der Waals surface area contributed by atoms with Gasteiger partial charge in [-0.3, -0.25) is 4.98 Å². The third-order valence-corrected chi connectivity index (χ3v) is 1.72. The van der Waals surface area contributed by atoms with Gasteiger partial charge in [-0.25, -0.2) is 13.6 Å². The molecule has 1 aromatic rings. The van der Waals surface area contributed by atoms with E-state index >= 15 is 0 Å². The predicted molar refractivity (Wildman–Crippen MR) is 50.4 cm³/mol. The average Bonchev–Trinajstić information content (AvgIpc) is 2.14. The minimum Gasteiger partial charge on any atom is -0.478 e. The number of alkyl halides is 2. The highest BCUT2D eigenvalue weighted by molar-refractivity contribution is 5.93. The van der Waals surface area contributed by atoms with E-state index < -0.39 is 18.9 Å². The zero-order chi connectivity index (χ0) is 11.4. The zero-order valence-electron chi connectivity index (χ0n) is 8.00. The van der Waals surface area contributed by atoms with Crippen molar-refractivity contribution in [3.8, 4) is 0 Å². The molecule has 0 bridgehead atoms. The van der Waals surface area contributed by atoms with Gasteiger partial charge in [-0.05, 0) is 13.0 Å². The molecule has 4 nitrogen and oxygen atoms in total. The number of aromatic carboxylic acids is 1. The molecule has 1 aromatic heterocycles. The quantitative estimate of drug-likeness (QED) is 0.805. The van der Waals surface area contributed by atoms with Crippen molar-refractivity contribution in [1.82, 2.24) is 4.98 Å².